The van der Waals surface area contributed by atoms with E-state index in [4.69, 9.17) is 14.0 Å². The van der Waals surface area contributed by atoms with Gasteiger partial charge in [-0.15, -0.1) is 0 Å². The highest BCUT2D eigenvalue weighted by Gasteiger charge is 2.52. The SMILES string of the molecule is Cc1nc(B2OC(C)(C)C(C)(C)O2)cn1C1CCOC1. The molecule has 5 nitrogen and oxygen atoms in total. The summed E-state index contributed by atoms with van der Waals surface area (Å²) in [4.78, 5) is 4.63. The maximum absolute atomic E-state index is 6.05. The molecule has 0 spiro atoms. The van der Waals surface area contributed by atoms with Gasteiger partial charge >= 0.3 is 7.12 Å². The van der Waals surface area contributed by atoms with Gasteiger partial charge < -0.3 is 18.6 Å². The van der Waals surface area contributed by atoms with E-state index in [2.05, 4.69) is 43.4 Å². The summed E-state index contributed by atoms with van der Waals surface area (Å²) in [6, 6.07) is 0.388. The largest absolute Gasteiger partial charge is 0.516 e. The lowest BCUT2D eigenvalue weighted by Crippen LogP contribution is -2.41. The van der Waals surface area contributed by atoms with Gasteiger partial charge in [-0.05, 0) is 41.0 Å². The number of imidazole rings is 1. The molecule has 0 bridgehead atoms. The zero-order valence-corrected chi connectivity index (χ0v) is 13.0. The van der Waals surface area contributed by atoms with Gasteiger partial charge in [0.2, 0.25) is 0 Å². The van der Waals surface area contributed by atoms with Crippen LogP contribution in [0.3, 0.4) is 0 Å². The van der Waals surface area contributed by atoms with Gasteiger partial charge in [0.1, 0.15) is 5.82 Å². The number of aryl methyl sites for hydroxylation is 1. The Hall–Kier alpha value is -0.845. The fourth-order valence-electron chi connectivity index (χ4n) is 2.70. The molecule has 1 atom stereocenters. The van der Waals surface area contributed by atoms with E-state index >= 15 is 0 Å². The highest BCUT2D eigenvalue weighted by Crippen LogP contribution is 2.36. The van der Waals surface area contributed by atoms with Crippen LogP contribution in [0.1, 0.15) is 46.0 Å². The lowest BCUT2D eigenvalue weighted by Gasteiger charge is -2.32. The Morgan fingerprint density at radius 1 is 1.25 bits per heavy atom. The summed E-state index contributed by atoms with van der Waals surface area (Å²) in [5, 5.41) is 0. The molecule has 0 amide bonds. The molecule has 2 saturated heterocycles. The highest BCUT2D eigenvalue weighted by molar-refractivity contribution is 6.61. The normalized spacial score (nSPS) is 28.2. The van der Waals surface area contributed by atoms with Crippen molar-refractivity contribution in [2.75, 3.05) is 13.2 Å². The lowest BCUT2D eigenvalue weighted by molar-refractivity contribution is 0.00578. The van der Waals surface area contributed by atoms with E-state index in [1.807, 2.05) is 6.92 Å². The van der Waals surface area contributed by atoms with Crippen molar-refractivity contribution in [3.8, 4) is 0 Å². The number of hydrogen-bond acceptors (Lipinski definition) is 4. The van der Waals surface area contributed by atoms with Crippen molar-refractivity contribution in [1.82, 2.24) is 9.55 Å². The van der Waals surface area contributed by atoms with Crippen LogP contribution >= 0.6 is 0 Å². The first-order valence-corrected chi connectivity index (χ1v) is 7.29. The van der Waals surface area contributed by atoms with E-state index in [1.165, 1.54) is 0 Å². The number of nitrogens with zero attached hydrogens (tertiary/aromatic N) is 2. The molecule has 0 aromatic carbocycles. The second-order valence-corrected chi connectivity index (χ2v) is 6.73. The lowest BCUT2D eigenvalue weighted by atomic mass is 9.86. The molecular weight excluding hydrogens is 255 g/mol. The van der Waals surface area contributed by atoms with Crippen LogP contribution in [0.25, 0.3) is 0 Å². The summed E-state index contributed by atoms with van der Waals surface area (Å²) < 4.78 is 19.7. The first kappa shape index (κ1) is 14.1. The minimum Gasteiger partial charge on any atom is -0.398 e. The maximum atomic E-state index is 6.05. The quantitative estimate of drug-likeness (QED) is 0.768. The molecule has 1 unspecified atom stereocenters. The Kier molecular flexibility index (Phi) is 3.23. The molecule has 20 heavy (non-hydrogen) atoms. The highest BCUT2D eigenvalue weighted by atomic mass is 16.7. The Morgan fingerprint density at radius 2 is 1.90 bits per heavy atom. The van der Waals surface area contributed by atoms with Crippen LogP contribution in [-0.2, 0) is 14.0 Å². The molecule has 3 rings (SSSR count). The molecule has 110 valence electrons. The number of rotatable bonds is 2. The third-order valence-electron chi connectivity index (χ3n) is 4.73. The van der Waals surface area contributed by atoms with Crippen LogP contribution in [0, 0.1) is 6.92 Å². The molecule has 0 saturated carbocycles. The topological polar surface area (TPSA) is 45.5 Å². The van der Waals surface area contributed by atoms with Crippen molar-refractivity contribution in [1.29, 1.82) is 0 Å². The molecule has 0 N–H and O–H groups in total. The molecule has 3 heterocycles. The first-order valence-electron chi connectivity index (χ1n) is 7.29. The van der Waals surface area contributed by atoms with Gasteiger partial charge in [-0.3, -0.25) is 0 Å². The molecule has 6 heteroatoms. The standard InChI is InChI=1S/C14H23BN2O3/c1-10-16-12(8-17(10)11-6-7-18-9-11)15-19-13(2,3)14(4,5)20-15/h8,11H,6-7,9H2,1-5H3. The minimum atomic E-state index is -0.387. The third kappa shape index (κ3) is 2.20. The second-order valence-electron chi connectivity index (χ2n) is 6.73. The van der Waals surface area contributed by atoms with Crippen molar-refractivity contribution >= 4 is 12.7 Å². The fraction of sp³-hybridized carbons (Fsp3) is 0.786. The van der Waals surface area contributed by atoms with Crippen LogP contribution < -0.4 is 5.59 Å². The van der Waals surface area contributed by atoms with Crippen molar-refractivity contribution in [2.45, 2.75) is 58.3 Å². The Morgan fingerprint density at radius 3 is 2.45 bits per heavy atom. The van der Waals surface area contributed by atoms with Gasteiger partial charge in [-0.25, -0.2) is 4.98 Å². The molecule has 0 aliphatic carbocycles. The van der Waals surface area contributed by atoms with Crippen molar-refractivity contribution in [3.05, 3.63) is 12.0 Å². The summed E-state index contributed by atoms with van der Waals surface area (Å²) in [5.41, 5.74) is 0.200. The third-order valence-corrected chi connectivity index (χ3v) is 4.73. The molecule has 2 fully saturated rings. The maximum Gasteiger partial charge on any atom is 0.516 e. The van der Waals surface area contributed by atoms with E-state index < -0.39 is 0 Å². The van der Waals surface area contributed by atoms with Crippen LogP contribution in [0.4, 0.5) is 0 Å². The van der Waals surface area contributed by atoms with Gasteiger partial charge in [0.05, 0.1) is 29.4 Å². The zero-order chi connectivity index (χ0) is 14.5. The molecule has 0 radical (unpaired) electrons. The van der Waals surface area contributed by atoms with Gasteiger partial charge in [-0.1, -0.05) is 0 Å². The molecule has 1 aromatic heterocycles. The first-order chi connectivity index (χ1) is 9.30. The average molecular weight is 278 g/mol. The van der Waals surface area contributed by atoms with E-state index in [0.717, 1.165) is 31.1 Å². The molecule has 2 aliphatic heterocycles. The van der Waals surface area contributed by atoms with Gasteiger partial charge in [0.15, 0.2) is 0 Å². The second kappa shape index (κ2) is 4.58. The predicted octanol–water partition coefficient (Wildman–Crippen LogP) is 1.45. The van der Waals surface area contributed by atoms with Crippen molar-refractivity contribution < 1.29 is 14.0 Å². The molecular formula is C14H23BN2O3. The van der Waals surface area contributed by atoms with Crippen LogP contribution in [0.15, 0.2) is 6.20 Å². The van der Waals surface area contributed by atoms with Crippen LogP contribution in [-0.4, -0.2) is 41.1 Å². The smallest absolute Gasteiger partial charge is 0.398 e. The molecule has 2 aliphatic rings. The summed E-state index contributed by atoms with van der Waals surface area (Å²) in [7, 11) is -0.387. The number of ether oxygens (including phenoxy) is 1. The van der Waals surface area contributed by atoms with Gasteiger partial charge in [0.25, 0.3) is 0 Å². The van der Waals surface area contributed by atoms with Gasteiger partial charge in [0, 0.05) is 12.8 Å². The van der Waals surface area contributed by atoms with E-state index in [1.54, 1.807) is 0 Å². The minimum absolute atomic E-state index is 0.328. The van der Waals surface area contributed by atoms with E-state index in [0.29, 0.717) is 6.04 Å². The monoisotopic (exact) mass is 278 g/mol. The number of aromatic nitrogens is 2. The predicted molar refractivity (Wildman–Crippen MR) is 77.2 cm³/mol. The van der Waals surface area contributed by atoms with Crippen molar-refractivity contribution in [2.24, 2.45) is 0 Å². The van der Waals surface area contributed by atoms with Gasteiger partial charge in [-0.2, -0.15) is 0 Å². The summed E-state index contributed by atoms with van der Waals surface area (Å²) >= 11 is 0. The number of hydrogen-bond donors (Lipinski definition) is 0. The summed E-state index contributed by atoms with van der Waals surface area (Å²) in [6.07, 6.45) is 3.09. The van der Waals surface area contributed by atoms with E-state index in [-0.39, 0.29) is 18.3 Å². The zero-order valence-electron chi connectivity index (χ0n) is 13.0. The Bertz CT molecular complexity index is 491. The molecule has 1 aromatic rings. The Labute approximate surface area is 120 Å². The van der Waals surface area contributed by atoms with Crippen LogP contribution in [0.5, 0.6) is 0 Å². The fourth-order valence-corrected chi connectivity index (χ4v) is 2.70. The summed E-state index contributed by atoms with van der Waals surface area (Å²) in [5.74, 6) is 0.991. The van der Waals surface area contributed by atoms with E-state index in [9.17, 15) is 0 Å². The summed E-state index contributed by atoms with van der Waals surface area (Å²) in [6.45, 7) is 11.8. The van der Waals surface area contributed by atoms with Crippen LogP contribution in [0.2, 0.25) is 0 Å². The average Bonchev–Trinajstić information content (AvgIpc) is 2.98. The van der Waals surface area contributed by atoms with Crippen molar-refractivity contribution in [3.63, 3.8) is 0 Å². The Balaban J connectivity index is 1.84.